The third-order valence-corrected chi connectivity index (χ3v) is 6.26. The smallest absolute Gasteiger partial charge is 0.317 e. The van der Waals surface area contributed by atoms with Gasteiger partial charge in [0.2, 0.25) is 0 Å². The fourth-order valence-electron chi connectivity index (χ4n) is 2.47. The summed E-state index contributed by atoms with van der Waals surface area (Å²) < 4.78 is 0. The lowest BCUT2D eigenvalue weighted by Crippen LogP contribution is -2.45. The first-order chi connectivity index (χ1) is 9.16. The molecule has 7 heteroatoms. The molecule has 2 aliphatic heterocycles. The molecule has 0 spiro atoms. The summed E-state index contributed by atoms with van der Waals surface area (Å²) in [6, 6.07) is -0.231. The van der Waals surface area contributed by atoms with Crippen molar-refractivity contribution in [3.8, 4) is 0 Å². The molecule has 0 saturated carbocycles. The van der Waals surface area contributed by atoms with E-state index in [-0.39, 0.29) is 18.5 Å². The third-order valence-electron chi connectivity index (χ3n) is 3.41. The van der Waals surface area contributed by atoms with Crippen LogP contribution in [-0.4, -0.2) is 63.6 Å². The Hall–Kier alpha value is -0.560. The summed E-state index contributed by atoms with van der Waals surface area (Å²) in [5.41, 5.74) is 0. The molecule has 2 amide bonds. The molecule has 2 heterocycles. The predicted octanol–water partition coefficient (Wildman–Crippen LogP) is 1.48. The van der Waals surface area contributed by atoms with Gasteiger partial charge in [-0.25, -0.2) is 4.79 Å². The maximum Gasteiger partial charge on any atom is 0.317 e. The molecule has 2 aliphatic rings. The fourth-order valence-corrected chi connectivity index (χ4v) is 5.09. The number of hydrogen-bond donors (Lipinski definition) is 2. The minimum Gasteiger partial charge on any atom is -0.481 e. The Morgan fingerprint density at radius 2 is 2.21 bits per heavy atom. The predicted molar refractivity (Wildman–Crippen MR) is 79.0 cm³/mol. The van der Waals surface area contributed by atoms with Crippen molar-refractivity contribution >= 4 is 35.5 Å². The van der Waals surface area contributed by atoms with E-state index in [1.165, 1.54) is 5.75 Å². The van der Waals surface area contributed by atoms with E-state index in [0.29, 0.717) is 18.3 Å². The highest BCUT2D eigenvalue weighted by molar-refractivity contribution is 8.06. The van der Waals surface area contributed by atoms with Gasteiger partial charge in [-0.1, -0.05) is 0 Å². The quantitative estimate of drug-likeness (QED) is 0.823. The number of carboxylic acids is 1. The number of nitrogens with one attached hydrogen (secondary N) is 1. The van der Waals surface area contributed by atoms with Crippen molar-refractivity contribution < 1.29 is 14.7 Å². The maximum atomic E-state index is 12.1. The zero-order valence-electron chi connectivity index (χ0n) is 10.8. The van der Waals surface area contributed by atoms with Crippen molar-refractivity contribution in [1.29, 1.82) is 0 Å². The highest BCUT2D eigenvalue weighted by Crippen LogP contribution is 2.24. The highest BCUT2D eigenvalue weighted by Gasteiger charge is 2.30. The average molecular weight is 304 g/mol. The van der Waals surface area contributed by atoms with Gasteiger partial charge in [0.15, 0.2) is 0 Å². The van der Waals surface area contributed by atoms with E-state index in [9.17, 15) is 9.59 Å². The topological polar surface area (TPSA) is 69.6 Å². The molecule has 108 valence electrons. The first-order valence-electron chi connectivity index (χ1n) is 6.62. The zero-order chi connectivity index (χ0) is 13.7. The van der Waals surface area contributed by atoms with Crippen LogP contribution < -0.4 is 5.32 Å². The Kier molecular flexibility index (Phi) is 5.69. The standard InChI is InChI=1S/C12H20N2O3S2/c15-11(16)6-9-2-1-3-14(9)12(17)13-7-10-8-18-4-5-19-10/h9-10H,1-8H2,(H,13,17)(H,15,16). The van der Waals surface area contributed by atoms with E-state index < -0.39 is 5.97 Å². The van der Waals surface area contributed by atoms with Gasteiger partial charge in [-0.2, -0.15) is 23.5 Å². The van der Waals surface area contributed by atoms with E-state index in [0.717, 1.165) is 24.3 Å². The lowest BCUT2D eigenvalue weighted by atomic mass is 10.1. The molecule has 0 aromatic carbocycles. The number of rotatable bonds is 4. The van der Waals surface area contributed by atoms with Crippen molar-refractivity contribution in [3.63, 3.8) is 0 Å². The normalized spacial score (nSPS) is 27.3. The van der Waals surface area contributed by atoms with E-state index in [4.69, 9.17) is 5.11 Å². The van der Waals surface area contributed by atoms with Crippen LogP contribution in [-0.2, 0) is 4.79 Å². The van der Waals surface area contributed by atoms with E-state index in [1.807, 2.05) is 23.5 Å². The first-order valence-corrected chi connectivity index (χ1v) is 8.83. The summed E-state index contributed by atoms with van der Waals surface area (Å²) in [6.07, 6.45) is 1.76. The van der Waals surface area contributed by atoms with Crippen molar-refractivity contribution in [2.45, 2.75) is 30.6 Å². The molecule has 0 radical (unpaired) electrons. The molecule has 2 saturated heterocycles. The molecule has 2 fully saturated rings. The second kappa shape index (κ2) is 7.28. The van der Waals surface area contributed by atoms with Crippen molar-refractivity contribution in [2.75, 3.05) is 30.3 Å². The van der Waals surface area contributed by atoms with Gasteiger partial charge >= 0.3 is 12.0 Å². The van der Waals surface area contributed by atoms with Crippen LogP contribution >= 0.6 is 23.5 Å². The summed E-state index contributed by atoms with van der Waals surface area (Å²) >= 11 is 3.84. The fraction of sp³-hybridized carbons (Fsp3) is 0.833. The van der Waals surface area contributed by atoms with Gasteiger partial charge in [0, 0.05) is 41.6 Å². The van der Waals surface area contributed by atoms with E-state index >= 15 is 0 Å². The molecule has 2 unspecified atom stereocenters. The zero-order valence-corrected chi connectivity index (χ0v) is 12.5. The molecule has 2 rings (SSSR count). The molecule has 0 bridgehead atoms. The molecule has 2 N–H and O–H groups in total. The SMILES string of the molecule is O=C(O)CC1CCCN1C(=O)NCC1CSCCS1. The Morgan fingerprint density at radius 3 is 2.89 bits per heavy atom. The number of likely N-dealkylation sites (tertiary alicyclic amines) is 1. The van der Waals surface area contributed by atoms with E-state index in [2.05, 4.69) is 5.32 Å². The molecule has 0 aromatic rings. The number of carboxylic acid groups (broad SMARTS) is 1. The van der Waals surface area contributed by atoms with Crippen LogP contribution in [0.5, 0.6) is 0 Å². The molecule has 19 heavy (non-hydrogen) atoms. The number of hydrogen-bond acceptors (Lipinski definition) is 4. The first kappa shape index (κ1) is 14.8. The number of thioether (sulfide) groups is 2. The summed E-state index contributed by atoms with van der Waals surface area (Å²) in [5.74, 6) is 2.60. The van der Waals surface area contributed by atoms with Gasteiger partial charge in [0.05, 0.1) is 6.42 Å². The molecule has 0 aliphatic carbocycles. The second-order valence-corrected chi connectivity index (χ2v) is 7.40. The summed E-state index contributed by atoms with van der Waals surface area (Å²) in [6.45, 7) is 1.36. The van der Waals surface area contributed by atoms with Gasteiger partial charge in [-0.05, 0) is 12.8 Å². The monoisotopic (exact) mass is 304 g/mol. The minimum absolute atomic E-state index is 0.0570. The Morgan fingerprint density at radius 1 is 1.37 bits per heavy atom. The molecular weight excluding hydrogens is 284 g/mol. The number of amides is 2. The summed E-state index contributed by atoms with van der Waals surface area (Å²) in [5, 5.41) is 12.3. The van der Waals surface area contributed by atoms with Crippen LogP contribution in [0.25, 0.3) is 0 Å². The molecule has 0 aromatic heterocycles. The highest BCUT2D eigenvalue weighted by atomic mass is 32.2. The van der Waals surface area contributed by atoms with Crippen LogP contribution in [0.4, 0.5) is 4.79 Å². The van der Waals surface area contributed by atoms with Crippen LogP contribution in [0, 0.1) is 0 Å². The van der Waals surface area contributed by atoms with Crippen LogP contribution in [0.2, 0.25) is 0 Å². The molecule has 5 nitrogen and oxygen atoms in total. The van der Waals surface area contributed by atoms with Gasteiger partial charge in [0.1, 0.15) is 0 Å². The van der Waals surface area contributed by atoms with Gasteiger partial charge in [-0.15, -0.1) is 0 Å². The number of aliphatic carboxylic acids is 1. The van der Waals surface area contributed by atoms with Gasteiger partial charge < -0.3 is 15.3 Å². The van der Waals surface area contributed by atoms with Crippen molar-refractivity contribution in [1.82, 2.24) is 10.2 Å². The Labute approximate surface area is 121 Å². The van der Waals surface area contributed by atoms with Gasteiger partial charge in [-0.3, -0.25) is 4.79 Å². The third kappa shape index (κ3) is 4.49. The number of urea groups is 1. The second-order valence-electron chi connectivity index (χ2n) is 4.84. The van der Waals surface area contributed by atoms with Gasteiger partial charge in [0.25, 0.3) is 0 Å². The molecule has 2 atom stereocenters. The number of nitrogens with zero attached hydrogens (tertiary/aromatic N) is 1. The summed E-state index contributed by atoms with van der Waals surface area (Å²) in [4.78, 5) is 24.5. The summed E-state index contributed by atoms with van der Waals surface area (Å²) in [7, 11) is 0. The Bertz CT molecular complexity index is 335. The Balaban J connectivity index is 1.76. The minimum atomic E-state index is -0.830. The van der Waals surface area contributed by atoms with Crippen molar-refractivity contribution in [3.05, 3.63) is 0 Å². The van der Waals surface area contributed by atoms with Crippen LogP contribution in [0.15, 0.2) is 0 Å². The lowest BCUT2D eigenvalue weighted by molar-refractivity contribution is -0.137. The van der Waals surface area contributed by atoms with Crippen LogP contribution in [0.1, 0.15) is 19.3 Å². The molecular formula is C12H20N2O3S2. The number of carbonyl (C=O) groups is 2. The maximum absolute atomic E-state index is 12.1. The van der Waals surface area contributed by atoms with E-state index in [1.54, 1.807) is 4.90 Å². The lowest BCUT2D eigenvalue weighted by Gasteiger charge is -2.26. The number of carbonyl (C=O) groups excluding carboxylic acids is 1. The average Bonchev–Trinajstić information content (AvgIpc) is 2.84. The largest absolute Gasteiger partial charge is 0.481 e. The van der Waals surface area contributed by atoms with Crippen LogP contribution in [0.3, 0.4) is 0 Å². The van der Waals surface area contributed by atoms with Crippen molar-refractivity contribution in [2.24, 2.45) is 0 Å².